The Balaban J connectivity index is 2.90. The fourth-order valence-electron chi connectivity index (χ4n) is 1.64. The van der Waals surface area contributed by atoms with Gasteiger partial charge >= 0.3 is 12.1 Å². The van der Waals surface area contributed by atoms with Crippen molar-refractivity contribution in [3.05, 3.63) is 27.8 Å². The van der Waals surface area contributed by atoms with E-state index in [0.29, 0.717) is 0 Å². The molecule has 0 aliphatic rings. The van der Waals surface area contributed by atoms with Gasteiger partial charge in [-0.2, -0.15) is 13.2 Å². The van der Waals surface area contributed by atoms with Gasteiger partial charge in [-0.15, -0.1) is 0 Å². The summed E-state index contributed by atoms with van der Waals surface area (Å²) in [6.07, 6.45) is -4.62. The Morgan fingerprint density at radius 2 is 1.76 bits per heavy atom. The fourth-order valence-corrected chi connectivity index (χ4v) is 1.64. The van der Waals surface area contributed by atoms with E-state index in [0.717, 1.165) is 12.1 Å². The summed E-state index contributed by atoms with van der Waals surface area (Å²) in [6.45, 7) is -2.64. The van der Waals surface area contributed by atoms with Crippen molar-refractivity contribution in [2.75, 3.05) is 27.4 Å². The molecule has 0 aliphatic carbocycles. The summed E-state index contributed by atoms with van der Waals surface area (Å²) in [5.41, 5.74) is -1.23. The maximum atomic E-state index is 12.0. The molecule has 1 amide bonds. The first-order valence-corrected chi connectivity index (χ1v) is 6.50. The molecule has 0 heterocycles. The van der Waals surface area contributed by atoms with Gasteiger partial charge in [0, 0.05) is 6.07 Å². The quantitative estimate of drug-likeness (QED) is 0.441. The van der Waals surface area contributed by atoms with Crippen LogP contribution in [0.15, 0.2) is 12.1 Å². The minimum atomic E-state index is -4.62. The van der Waals surface area contributed by atoms with Gasteiger partial charge in [0.1, 0.15) is 12.1 Å². The van der Waals surface area contributed by atoms with Crippen molar-refractivity contribution in [3.63, 3.8) is 0 Å². The average molecular weight is 366 g/mol. The molecular weight excluding hydrogens is 353 g/mol. The Morgan fingerprint density at radius 3 is 2.24 bits per heavy atom. The third kappa shape index (κ3) is 5.82. The van der Waals surface area contributed by atoms with Gasteiger partial charge in [-0.1, -0.05) is 0 Å². The van der Waals surface area contributed by atoms with E-state index in [4.69, 9.17) is 9.47 Å². The number of benzene rings is 1. The molecule has 9 nitrogen and oxygen atoms in total. The maximum absolute atomic E-state index is 12.0. The molecule has 1 aromatic carbocycles. The van der Waals surface area contributed by atoms with Crippen LogP contribution in [-0.4, -0.2) is 50.3 Å². The minimum Gasteiger partial charge on any atom is -0.493 e. The first kappa shape index (κ1) is 20.0. The number of amides is 1. The summed E-state index contributed by atoms with van der Waals surface area (Å²) in [5.74, 6) is -2.53. The molecule has 0 spiro atoms. The second-order valence-corrected chi connectivity index (χ2v) is 4.45. The first-order chi connectivity index (χ1) is 11.6. The highest BCUT2D eigenvalue weighted by Gasteiger charge is 2.29. The number of nitro groups is 1. The van der Waals surface area contributed by atoms with Gasteiger partial charge in [0.05, 0.1) is 25.2 Å². The van der Waals surface area contributed by atoms with E-state index in [2.05, 4.69) is 4.74 Å². The number of halogens is 3. The van der Waals surface area contributed by atoms with E-state index in [1.54, 1.807) is 0 Å². The van der Waals surface area contributed by atoms with E-state index in [1.165, 1.54) is 19.5 Å². The average Bonchev–Trinajstić information content (AvgIpc) is 2.55. The predicted octanol–water partition coefficient (Wildman–Crippen LogP) is 1.45. The highest BCUT2D eigenvalue weighted by Crippen LogP contribution is 2.34. The van der Waals surface area contributed by atoms with Crippen LogP contribution in [0.25, 0.3) is 0 Å². The molecule has 0 aromatic heterocycles. The molecule has 0 saturated heterocycles. The lowest BCUT2D eigenvalue weighted by molar-refractivity contribution is -0.385. The maximum Gasteiger partial charge on any atom is 0.405 e. The molecule has 0 unspecified atom stereocenters. The Bertz CT molecular complexity index is 676. The second-order valence-electron chi connectivity index (χ2n) is 4.45. The number of nitro benzene ring substituents is 1. The lowest BCUT2D eigenvalue weighted by atomic mass is 10.1. The van der Waals surface area contributed by atoms with Crippen molar-refractivity contribution < 1.29 is 41.9 Å². The summed E-state index contributed by atoms with van der Waals surface area (Å²) >= 11 is 0. The SMILES string of the molecule is COc1cc(C(=O)OCC(=O)NCC(F)(F)F)c([N+](=O)[O-])cc1OC. The van der Waals surface area contributed by atoms with Gasteiger partial charge in [0.15, 0.2) is 18.1 Å². The van der Waals surface area contributed by atoms with E-state index >= 15 is 0 Å². The topological polar surface area (TPSA) is 117 Å². The molecular formula is C13H13F3N2O7. The molecule has 138 valence electrons. The van der Waals surface area contributed by atoms with Crippen LogP contribution in [0.4, 0.5) is 18.9 Å². The van der Waals surface area contributed by atoms with Crippen molar-refractivity contribution in [2.24, 2.45) is 0 Å². The Hall–Kier alpha value is -3.05. The minimum absolute atomic E-state index is 0.0124. The number of ether oxygens (including phenoxy) is 3. The van der Waals surface area contributed by atoms with Crippen LogP contribution in [0, 0.1) is 10.1 Å². The summed E-state index contributed by atoms with van der Waals surface area (Å²) < 4.78 is 50.1. The summed E-state index contributed by atoms with van der Waals surface area (Å²) in [6, 6.07) is 1.88. The number of nitrogens with zero attached hydrogens (tertiary/aromatic N) is 1. The highest BCUT2D eigenvalue weighted by molar-refractivity contribution is 5.96. The molecule has 1 rings (SSSR count). The molecule has 0 atom stereocenters. The number of carbonyl (C=O) groups is 2. The van der Waals surface area contributed by atoms with Crippen molar-refractivity contribution in [3.8, 4) is 11.5 Å². The summed E-state index contributed by atoms with van der Waals surface area (Å²) in [7, 11) is 2.45. The summed E-state index contributed by atoms with van der Waals surface area (Å²) in [4.78, 5) is 33.3. The Morgan fingerprint density at radius 1 is 1.20 bits per heavy atom. The van der Waals surface area contributed by atoms with Crippen LogP contribution in [0.5, 0.6) is 11.5 Å². The molecule has 0 aliphatic heterocycles. The molecule has 0 saturated carbocycles. The van der Waals surface area contributed by atoms with E-state index in [9.17, 15) is 32.9 Å². The van der Waals surface area contributed by atoms with Crippen molar-refractivity contribution >= 4 is 17.6 Å². The largest absolute Gasteiger partial charge is 0.493 e. The molecule has 0 bridgehead atoms. The molecule has 0 fully saturated rings. The lowest BCUT2D eigenvalue weighted by Crippen LogP contribution is -2.36. The van der Waals surface area contributed by atoms with Gasteiger partial charge in [0.2, 0.25) is 0 Å². The monoisotopic (exact) mass is 366 g/mol. The lowest BCUT2D eigenvalue weighted by Gasteiger charge is -2.11. The zero-order chi connectivity index (χ0) is 19.2. The van der Waals surface area contributed by atoms with Crippen LogP contribution in [0.1, 0.15) is 10.4 Å². The van der Waals surface area contributed by atoms with Gasteiger partial charge in [-0.25, -0.2) is 4.79 Å². The fraction of sp³-hybridized carbons (Fsp3) is 0.385. The Labute approximate surface area is 138 Å². The number of alkyl halides is 3. The van der Waals surface area contributed by atoms with Crippen LogP contribution in [0.3, 0.4) is 0 Å². The molecule has 25 heavy (non-hydrogen) atoms. The van der Waals surface area contributed by atoms with E-state index in [-0.39, 0.29) is 11.5 Å². The van der Waals surface area contributed by atoms with Crippen molar-refractivity contribution in [2.45, 2.75) is 6.18 Å². The summed E-state index contributed by atoms with van der Waals surface area (Å²) in [5, 5.41) is 12.5. The van der Waals surface area contributed by atoms with Gasteiger partial charge in [-0.05, 0) is 0 Å². The molecule has 0 radical (unpaired) electrons. The number of methoxy groups -OCH3 is 2. The number of hydrogen-bond donors (Lipinski definition) is 1. The Kier molecular flexibility index (Phi) is 6.53. The zero-order valence-electron chi connectivity index (χ0n) is 13.0. The standard InChI is InChI=1S/C13H13F3N2O7/c1-23-9-3-7(8(18(21)22)4-10(9)24-2)12(20)25-5-11(19)17-6-13(14,15)16/h3-4H,5-6H2,1-2H3,(H,17,19). The van der Waals surface area contributed by atoms with E-state index in [1.807, 2.05) is 0 Å². The van der Waals surface area contributed by atoms with Crippen molar-refractivity contribution in [1.29, 1.82) is 0 Å². The first-order valence-electron chi connectivity index (χ1n) is 6.50. The van der Waals surface area contributed by atoms with Gasteiger partial charge in [-0.3, -0.25) is 14.9 Å². The van der Waals surface area contributed by atoms with Gasteiger partial charge in [0.25, 0.3) is 11.6 Å². The zero-order valence-corrected chi connectivity index (χ0v) is 13.0. The number of rotatable bonds is 7. The number of hydrogen-bond acceptors (Lipinski definition) is 7. The smallest absolute Gasteiger partial charge is 0.405 e. The second kappa shape index (κ2) is 8.17. The van der Waals surface area contributed by atoms with Crippen LogP contribution in [0.2, 0.25) is 0 Å². The molecule has 1 aromatic rings. The number of esters is 1. The normalized spacial score (nSPS) is 10.8. The van der Waals surface area contributed by atoms with Gasteiger partial charge < -0.3 is 19.5 Å². The third-order valence-electron chi connectivity index (χ3n) is 2.74. The van der Waals surface area contributed by atoms with Crippen LogP contribution >= 0.6 is 0 Å². The molecule has 1 N–H and O–H groups in total. The van der Waals surface area contributed by atoms with E-state index < -0.39 is 47.4 Å². The number of carbonyl (C=O) groups excluding carboxylic acids is 2. The van der Waals surface area contributed by atoms with Crippen LogP contribution in [-0.2, 0) is 9.53 Å². The number of nitrogens with one attached hydrogen (secondary N) is 1. The predicted molar refractivity (Wildman–Crippen MR) is 75.5 cm³/mol. The molecule has 12 heteroatoms. The van der Waals surface area contributed by atoms with Crippen LogP contribution < -0.4 is 14.8 Å². The van der Waals surface area contributed by atoms with Crippen molar-refractivity contribution in [1.82, 2.24) is 5.32 Å². The third-order valence-corrected chi connectivity index (χ3v) is 2.74. The highest BCUT2D eigenvalue weighted by atomic mass is 19.4.